The molecule has 2 aliphatic rings. The Kier molecular flexibility index (Phi) is 15.4. The van der Waals surface area contributed by atoms with E-state index in [4.69, 9.17) is 33.9 Å². The molecule has 8 nitrogen and oxygen atoms in total. The summed E-state index contributed by atoms with van der Waals surface area (Å²) in [5.74, 6) is 0. The summed E-state index contributed by atoms with van der Waals surface area (Å²) in [5, 5.41) is 4.44. The molecule has 0 spiro atoms. The summed E-state index contributed by atoms with van der Waals surface area (Å²) >= 11 is 12.8. The fourth-order valence-corrected chi connectivity index (χ4v) is 8.12. The number of benzene rings is 2. The number of imidazole rings is 2. The van der Waals surface area contributed by atoms with Crippen molar-refractivity contribution >= 4 is 32.4 Å². The number of nitrogens with zero attached hydrogens (tertiary/aromatic N) is 5. The maximum Gasteiger partial charge on any atom is 0.101 e. The van der Waals surface area contributed by atoms with Gasteiger partial charge >= 0.3 is 0 Å². The Balaban J connectivity index is 0.000000152. The quantitative estimate of drug-likeness (QED) is 0.0686. The van der Waals surface area contributed by atoms with E-state index in [2.05, 4.69) is 94.6 Å². The van der Waals surface area contributed by atoms with E-state index in [1.807, 2.05) is 43.1 Å². The van der Waals surface area contributed by atoms with E-state index in [-0.39, 0.29) is 11.4 Å². The number of nitrogens with one attached hydrogen (secondary N) is 2. The van der Waals surface area contributed by atoms with Crippen molar-refractivity contribution in [2.24, 2.45) is 5.73 Å². The largest absolute Gasteiger partial charge is 0.348 e. The minimum absolute atomic E-state index is 0.107. The highest BCUT2D eigenvalue weighted by Crippen LogP contribution is 2.36. The first-order valence-corrected chi connectivity index (χ1v) is 21.1. The van der Waals surface area contributed by atoms with Gasteiger partial charge in [-0.25, -0.2) is 9.97 Å². The van der Waals surface area contributed by atoms with Gasteiger partial charge in [-0.3, -0.25) is 9.97 Å². The third-order valence-corrected chi connectivity index (χ3v) is 11.3. The Hall–Kier alpha value is -3.91. The molecule has 0 fully saturated rings. The summed E-state index contributed by atoms with van der Waals surface area (Å²) < 4.78 is 2.06. The van der Waals surface area contributed by atoms with E-state index in [0.717, 1.165) is 100.0 Å². The first kappa shape index (κ1) is 40.7. The van der Waals surface area contributed by atoms with Crippen LogP contribution in [0.25, 0.3) is 0 Å². The van der Waals surface area contributed by atoms with Crippen LogP contribution in [-0.4, -0.2) is 42.6 Å². The Labute approximate surface area is 338 Å². The van der Waals surface area contributed by atoms with Gasteiger partial charge in [0.2, 0.25) is 0 Å². The number of alkyl halides is 1. The molecule has 11 heteroatoms. The second-order valence-electron chi connectivity index (χ2n) is 14.2. The van der Waals surface area contributed by atoms with Crippen LogP contribution in [0.5, 0.6) is 0 Å². The van der Waals surface area contributed by atoms with E-state index in [0.29, 0.717) is 0 Å². The van der Waals surface area contributed by atoms with Crippen molar-refractivity contribution in [1.82, 2.24) is 34.8 Å². The lowest BCUT2D eigenvalue weighted by molar-refractivity contribution is 0.557. The molecule has 0 aliphatic heterocycles. The number of rotatable bonds is 11. The molecule has 0 amide bonds. The van der Waals surface area contributed by atoms with Gasteiger partial charge in [-0.1, -0.05) is 53.6 Å². The van der Waals surface area contributed by atoms with E-state index >= 15 is 0 Å². The van der Waals surface area contributed by atoms with Crippen LogP contribution in [-0.2, 0) is 44.8 Å². The highest BCUT2D eigenvalue weighted by molar-refractivity contribution is 7.15. The summed E-state index contributed by atoms with van der Waals surface area (Å²) in [5.41, 5.74) is 19.1. The Morgan fingerprint density at radius 3 is 2.27 bits per heavy atom. The van der Waals surface area contributed by atoms with Gasteiger partial charge in [-0.2, -0.15) is 0 Å². The summed E-state index contributed by atoms with van der Waals surface area (Å²) in [7, 11) is 2.67. The van der Waals surface area contributed by atoms with Crippen LogP contribution in [0.15, 0.2) is 98.1 Å². The molecule has 288 valence electrons. The number of pyridine rings is 2. The third-order valence-electron chi connectivity index (χ3n) is 10.2. The molecule has 8 rings (SSSR count). The summed E-state index contributed by atoms with van der Waals surface area (Å²) in [6.07, 6.45) is 22.9. The van der Waals surface area contributed by atoms with Gasteiger partial charge < -0.3 is 20.6 Å². The van der Waals surface area contributed by atoms with Crippen molar-refractivity contribution < 1.29 is 0 Å². The molecular formula is C44H53Cl2N8P. The van der Waals surface area contributed by atoms with Crippen molar-refractivity contribution in [1.29, 1.82) is 0 Å². The lowest BCUT2D eigenvalue weighted by atomic mass is 9.98. The molecule has 4 N–H and O–H groups in total. The number of H-pyrrole nitrogens is 1. The summed E-state index contributed by atoms with van der Waals surface area (Å²) in [6, 6.07) is 21.3. The number of halogens is 2. The van der Waals surface area contributed by atoms with Crippen molar-refractivity contribution in [2.45, 2.75) is 88.8 Å². The van der Waals surface area contributed by atoms with E-state index in [9.17, 15) is 0 Å². The molecule has 55 heavy (non-hydrogen) atoms. The van der Waals surface area contributed by atoms with E-state index in [1.165, 1.54) is 50.3 Å². The maximum absolute atomic E-state index is 6.57. The standard InChI is InChI=1S/C21H23ClN4.C15H14ClN.C8H16N3P/c22-17-8-9-19-16(12-17)7-6-15-4-3-11-24-20(15)21(19)25-10-2-1-5-18-13-23-14-26-18;1-10-4-7-13-12(9-10)6-5-11-3-2-8-17-15(11)14(13)16;9-4-2-1-3-8-5-11(7-12)6-10-8/h3-4,8-9,11-14,21,25H,1-2,5-7,10H2,(H,23,26);2-4,7-9,14H,5-6H2,1H3;5-6H,1-4,7,9,12H2. The third kappa shape index (κ3) is 11.3. The monoisotopic (exact) mass is 794 g/mol. The molecule has 2 aliphatic carbocycles. The Bertz CT molecular complexity index is 2080. The Morgan fingerprint density at radius 2 is 1.55 bits per heavy atom. The van der Waals surface area contributed by atoms with Gasteiger partial charge in [0.25, 0.3) is 0 Å². The lowest BCUT2D eigenvalue weighted by Gasteiger charge is -2.21. The smallest absolute Gasteiger partial charge is 0.101 e. The Morgan fingerprint density at radius 1 is 0.836 bits per heavy atom. The summed E-state index contributed by atoms with van der Waals surface area (Å²) in [6.45, 7) is 3.86. The van der Waals surface area contributed by atoms with Gasteiger partial charge in [0.1, 0.15) is 5.38 Å². The molecule has 0 bridgehead atoms. The zero-order valence-corrected chi connectivity index (χ0v) is 34.4. The molecule has 0 saturated heterocycles. The van der Waals surface area contributed by atoms with Crippen molar-refractivity contribution in [2.75, 3.05) is 13.1 Å². The predicted molar refractivity (Wildman–Crippen MR) is 229 cm³/mol. The zero-order chi connectivity index (χ0) is 38.4. The van der Waals surface area contributed by atoms with Gasteiger partial charge in [-0.15, -0.1) is 20.8 Å². The van der Waals surface area contributed by atoms with E-state index in [1.54, 1.807) is 6.33 Å². The number of aromatic nitrogens is 6. The van der Waals surface area contributed by atoms with Crippen molar-refractivity contribution in [3.8, 4) is 0 Å². The lowest BCUT2D eigenvalue weighted by Crippen LogP contribution is -2.25. The van der Waals surface area contributed by atoms with Crippen LogP contribution in [0.1, 0.15) is 98.8 Å². The number of unbranched alkanes of at least 4 members (excludes halogenated alkanes) is 2. The average Bonchev–Trinajstić information content (AvgIpc) is 3.86. The highest BCUT2D eigenvalue weighted by Gasteiger charge is 2.25. The molecule has 6 aromatic rings. The van der Waals surface area contributed by atoms with Gasteiger partial charge in [0, 0.05) is 41.8 Å². The fraction of sp³-hybridized carbons (Fsp3) is 0.364. The van der Waals surface area contributed by atoms with Crippen LogP contribution < -0.4 is 11.1 Å². The molecular weight excluding hydrogens is 742 g/mol. The number of nitrogens with two attached hydrogens (primary N) is 1. The van der Waals surface area contributed by atoms with Crippen molar-refractivity contribution in [3.63, 3.8) is 0 Å². The maximum atomic E-state index is 6.57. The molecule has 3 atom stereocenters. The van der Waals surface area contributed by atoms with Crippen LogP contribution in [0.2, 0.25) is 5.02 Å². The number of fused-ring (bicyclic) bond motifs is 4. The topological polar surface area (TPSA) is 110 Å². The SMILES string of the molecule is Cc1ccc2c(c1)CCc1cccnc1C2Cl.Clc1ccc2c(c1)CCc1cccnc1C2NCCCCc1cnc[nH]1.NCCCCc1cn(CP)cn1. The van der Waals surface area contributed by atoms with Gasteiger partial charge in [0.05, 0.1) is 35.8 Å². The molecule has 4 aromatic heterocycles. The van der Waals surface area contributed by atoms with E-state index < -0.39 is 0 Å². The first-order valence-electron chi connectivity index (χ1n) is 19.4. The first-order chi connectivity index (χ1) is 26.9. The average molecular weight is 796 g/mol. The number of aryl methyl sites for hydroxylation is 7. The second kappa shape index (κ2) is 20.8. The minimum atomic E-state index is -0.107. The second-order valence-corrected chi connectivity index (χ2v) is 15.5. The fourth-order valence-electron chi connectivity index (χ4n) is 7.32. The van der Waals surface area contributed by atoms with Crippen molar-refractivity contribution in [3.05, 3.63) is 165 Å². The van der Waals surface area contributed by atoms with Gasteiger partial charge in [0.15, 0.2) is 0 Å². The van der Waals surface area contributed by atoms with Crippen LogP contribution in [0.3, 0.4) is 0 Å². The van der Waals surface area contributed by atoms with Crippen LogP contribution in [0, 0.1) is 6.92 Å². The number of hydrogen-bond donors (Lipinski definition) is 3. The summed E-state index contributed by atoms with van der Waals surface area (Å²) in [4.78, 5) is 20.7. The van der Waals surface area contributed by atoms with Gasteiger partial charge in [-0.05, 0) is 142 Å². The predicted octanol–water partition coefficient (Wildman–Crippen LogP) is 9.07. The highest BCUT2D eigenvalue weighted by atomic mass is 35.5. The molecule has 2 aromatic carbocycles. The minimum Gasteiger partial charge on any atom is -0.348 e. The molecule has 4 heterocycles. The molecule has 0 saturated carbocycles. The van der Waals surface area contributed by atoms with Crippen LogP contribution in [0.4, 0.5) is 0 Å². The molecule has 3 unspecified atom stereocenters. The number of aromatic amines is 1. The van der Waals surface area contributed by atoms with Crippen LogP contribution >= 0.6 is 32.4 Å². The zero-order valence-electron chi connectivity index (χ0n) is 31.7. The number of hydrogen-bond acceptors (Lipinski definition) is 6. The normalized spacial score (nSPS) is 15.4. The molecule has 0 radical (unpaired) electrons.